The summed E-state index contributed by atoms with van der Waals surface area (Å²) in [6, 6.07) is 8.44. The molecule has 2 aliphatic heterocycles. The molecule has 2 bridgehead atoms. The third-order valence-corrected chi connectivity index (χ3v) is 5.79. The number of H-pyrrole nitrogens is 1. The fourth-order valence-electron chi connectivity index (χ4n) is 4.55. The zero-order valence-corrected chi connectivity index (χ0v) is 16.0. The van der Waals surface area contributed by atoms with Gasteiger partial charge in [0.2, 0.25) is 0 Å². The van der Waals surface area contributed by atoms with Crippen molar-refractivity contribution in [3.05, 3.63) is 58.3 Å². The van der Waals surface area contributed by atoms with Crippen LogP contribution in [0.25, 0.3) is 11.0 Å². The molecule has 2 aliphatic rings. The number of fused-ring (bicyclic) bond motifs is 5. The first-order chi connectivity index (χ1) is 14.6. The van der Waals surface area contributed by atoms with Crippen molar-refractivity contribution < 1.29 is 19.8 Å². The number of piperidine rings is 1. The highest BCUT2D eigenvalue weighted by atomic mass is 16.3. The minimum absolute atomic E-state index is 0.0428. The van der Waals surface area contributed by atoms with Crippen molar-refractivity contribution in [2.45, 2.75) is 18.4 Å². The predicted molar refractivity (Wildman–Crippen MR) is 106 cm³/mol. The van der Waals surface area contributed by atoms with Crippen LogP contribution in [0.4, 0.5) is 0 Å². The Bertz CT molecular complexity index is 1140. The molecular weight excluding hydrogens is 390 g/mol. The van der Waals surface area contributed by atoms with Gasteiger partial charge in [-0.25, -0.2) is 4.98 Å². The van der Waals surface area contributed by atoms with Gasteiger partial charge in [0.25, 0.3) is 17.9 Å². The van der Waals surface area contributed by atoms with E-state index in [-0.39, 0.29) is 42.4 Å². The quantitative estimate of drug-likeness (QED) is 0.525. The van der Waals surface area contributed by atoms with Gasteiger partial charge in [-0.2, -0.15) is 5.10 Å². The lowest BCUT2D eigenvalue weighted by Gasteiger charge is -2.46. The Morgan fingerprint density at radius 2 is 2.07 bits per heavy atom. The number of aliphatic hydroxyl groups excluding tert-OH is 1. The molecule has 0 aromatic carbocycles. The van der Waals surface area contributed by atoms with Gasteiger partial charge in [-0.3, -0.25) is 19.5 Å². The third kappa shape index (κ3) is 3.35. The number of carbonyl (C=O) groups is 2. The van der Waals surface area contributed by atoms with Crippen molar-refractivity contribution in [3.63, 3.8) is 0 Å². The lowest BCUT2D eigenvalue weighted by molar-refractivity contribution is -0.122. The summed E-state index contributed by atoms with van der Waals surface area (Å²) in [5.74, 6) is -0.00825. The lowest BCUT2D eigenvalue weighted by Crippen LogP contribution is -2.52. The summed E-state index contributed by atoms with van der Waals surface area (Å²) in [4.78, 5) is 40.0. The molecule has 1 fully saturated rings. The number of hydrogen-bond acceptors (Lipinski definition) is 6. The molecule has 0 unspecified atom stereocenters. The highest BCUT2D eigenvalue weighted by molar-refractivity contribution is 5.94. The van der Waals surface area contributed by atoms with E-state index >= 15 is 0 Å². The summed E-state index contributed by atoms with van der Waals surface area (Å²) >= 11 is 0. The van der Waals surface area contributed by atoms with E-state index in [2.05, 4.69) is 15.2 Å². The first kappa shape index (κ1) is 19.8. The molecule has 0 spiro atoms. The molecule has 1 saturated heterocycles. The Balaban J connectivity index is 0.000000687. The Kier molecular flexibility index (Phi) is 5.32. The van der Waals surface area contributed by atoms with E-state index in [1.165, 1.54) is 6.07 Å². The molecule has 30 heavy (non-hydrogen) atoms. The van der Waals surface area contributed by atoms with Crippen LogP contribution in [-0.4, -0.2) is 66.9 Å². The normalized spacial score (nSPS) is 22.0. The van der Waals surface area contributed by atoms with Crippen molar-refractivity contribution in [1.29, 1.82) is 0 Å². The SMILES string of the molecule is O=C(c1ccc2cn[nH]c2n1)N1C[C@H]2C[C@@H](C1)[C@H](CO)n1c2cccc1=O.O=CO. The van der Waals surface area contributed by atoms with Gasteiger partial charge in [-0.15, -0.1) is 0 Å². The van der Waals surface area contributed by atoms with E-state index in [0.717, 1.165) is 17.5 Å². The number of carboxylic acid groups (broad SMARTS) is 1. The van der Waals surface area contributed by atoms with E-state index in [1.54, 1.807) is 27.8 Å². The zero-order valence-electron chi connectivity index (χ0n) is 16.0. The van der Waals surface area contributed by atoms with Crippen molar-refractivity contribution in [1.82, 2.24) is 24.6 Å². The fourth-order valence-corrected chi connectivity index (χ4v) is 4.55. The van der Waals surface area contributed by atoms with E-state index in [1.807, 2.05) is 12.1 Å². The number of nitrogens with zero attached hydrogens (tertiary/aromatic N) is 4. The van der Waals surface area contributed by atoms with Crippen LogP contribution in [0, 0.1) is 5.92 Å². The minimum atomic E-state index is -0.302. The molecule has 156 valence electrons. The lowest BCUT2D eigenvalue weighted by atomic mass is 9.78. The fraction of sp³-hybridized carbons (Fsp3) is 0.350. The van der Waals surface area contributed by atoms with Gasteiger partial charge in [0, 0.05) is 42.1 Å². The number of aliphatic hydroxyl groups is 1. The first-order valence-electron chi connectivity index (χ1n) is 9.57. The van der Waals surface area contributed by atoms with Crippen LogP contribution in [0.15, 0.2) is 41.3 Å². The van der Waals surface area contributed by atoms with Gasteiger partial charge in [0.05, 0.1) is 18.8 Å². The van der Waals surface area contributed by atoms with Gasteiger partial charge in [0.15, 0.2) is 5.65 Å². The summed E-state index contributed by atoms with van der Waals surface area (Å²) in [5, 5.41) is 24.4. The van der Waals surface area contributed by atoms with Gasteiger partial charge in [-0.1, -0.05) is 6.07 Å². The molecule has 10 heteroatoms. The van der Waals surface area contributed by atoms with E-state index in [9.17, 15) is 14.7 Å². The van der Waals surface area contributed by atoms with Crippen molar-refractivity contribution in [3.8, 4) is 0 Å². The smallest absolute Gasteiger partial charge is 0.290 e. The van der Waals surface area contributed by atoms with Crippen molar-refractivity contribution >= 4 is 23.4 Å². The van der Waals surface area contributed by atoms with Crippen LogP contribution in [-0.2, 0) is 4.79 Å². The Hall–Kier alpha value is -3.53. The molecule has 3 aromatic rings. The first-order valence-corrected chi connectivity index (χ1v) is 9.57. The van der Waals surface area contributed by atoms with Gasteiger partial charge >= 0.3 is 0 Å². The van der Waals surface area contributed by atoms with Crippen LogP contribution in [0.1, 0.15) is 34.6 Å². The zero-order chi connectivity index (χ0) is 21.3. The molecule has 0 saturated carbocycles. The van der Waals surface area contributed by atoms with Gasteiger partial charge in [0.1, 0.15) is 5.69 Å². The number of hydrogen-bond donors (Lipinski definition) is 3. The Morgan fingerprint density at radius 1 is 1.27 bits per heavy atom. The Morgan fingerprint density at radius 3 is 2.83 bits per heavy atom. The number of carbonyl (C=O) groups excluding carboxylic acids is 1. The van der Waals surface area contributed by atoms with Crippen LogP contribution < -0.4 is 5.56 Å². The number of pyridine rings is 2. The maximum atomic E-state index is 13.1. The number of likely N-dealkylation sites (tertiary alicyclic amines) is 1. The van der Waals surface area contributed by atoms with Crippen molar-refractivity contribution in [2.75, 3.05) is 19.7 Å². The maximum Gasteiger partial charge on any atom is 0.290 e. The summed E-state index contributed by atoms with van der Waals surface area (Å²) in [7, 11) is 0. The maximum absolute atomic E-state index is 13.1. The van der Waals surface area contributed by atoms with Crippen LogP contribution in [0.3, 0.4) is 0 Å². The predicted octanol–water partition coefficient (Wildman–Crippen LogP) is 0.613. The summed E-state index contributed by atoms with van der Waals surface area (Å²) in [5.41, 5.74) is 1.76. The number of nitrogens with one attached hydrogen (secondary N) is 1. The van der Waals surface area contributed by atoms with Crippen molar-refractivity contribution in [2.24, 2.45) is 5.92 Å². The number of amides is 1. The molecule has 0 radical (unpaired) electrons. The highest BCUT2D eigenvalue weighted by Gasteiger charge is 2.41. The largest absolute Gasteiger partial charge is 0.483 e. The van der Waals surface area contributed by atoms with E-state index < -0.39 is 0 Å². The van der Waals surface area contributed by atoms with Gasteiger partial charge < -0.3 is 19.7 Å². The minimum Gasteiger partial charge on any atom is -0.483 e. The number of rotatable bonds is 2. The van der Waals surface area contributed by atoms with Crippen LogP contribution in [0.5, 0.6) is 0 Å². The van der Waals surface area contributed by atoms with E-state index in [4.69, 9.17) is 9.90 Å². The van der Waals surface area contributed by atoms with Crippen LogP contribution >= 0.6 is 0 Å². The second kappa shape index (κ2) is 8.07. The number of aromatic amines is 1. The second-order valence-electron chi connectivity index (χ2n) is 7.42. The summed E-state index contributed by atoms with van der Waals surface area (Å²) < 4.78 is 1.72. The molecule has 0 aliphatic carbocycles. The third-order valence-electron chi connectivity index (χ3n) is 5.79. The topological polar surface area (TPSA) is 141 Å². The molecule has 5 rings (SSSR count). The molecule has 3 N–H and O–H groups in total. The Labute approximate surface area is 170 Å². The van der Waals surface area contributed by atoms with Gasteiger partial charge in [-0.05, 0) is 24.6 Å². The standard InChI is InChI=1S/C19H19N5O3.CH2O2/c25-10-16-13-6-12(15-2-1-3-17(26)24(15)16)8-23(9-13)19(27)14-5-4-11-7-20-22-18(11)21-14;2-1-3/h1-5,7,12-13,16,25H,6,8-10H2,(H,20,21,22);1H,(H,2,3)/t12-,13+,16+;/m1./s1. The molecule has 5 heterocycles. The van der Waals surface area contributed by atoms with E-state index in [0.29, 0.717) is 24.4 Å². The molecule has 1 amide bonds. The van der Waals surface area contributed by atoms with Crippen LogP contribution in [0.2, 0.25) is 0 Å². The average molecular weight is 411 g/mol. The molecule has 3 aromatic heterocycles. The number of aromatic nitrogens is 4. The summed E-state index contributed by atoms with van der Waals surface area (Å²) in [6.07, 6.45) is 2.54. The molecule has 3 atom stereocenters. The highest BCUT2D eigenvalue weighted by Crippen LogP contribution is 2.41. The second-order valence-corrected chi connectivity index (χ2v) is 7.42. The average Bonchev–Trinajstić information content (AvgIpc) is 3.22. The monoisotopic (exact) mass is 411 g/mol. The summed E-state index contributed by atoms with van der Waals surface area (Å²) in [6.45, 7) is 0.679. The molecular formula is C20H21N5O5. The molecule has 10 nitrogen and oxygen atoms in total.